The minimum Gasteiger partial charge on any atom is -0.473 e. The summed E-state index contributed by atoms with van der Waals surface area (Å²) in [6, 6.07) is 9.95. The molecule has 0 spiro atoms. The van der Waals surface area contributed by atoms with E-state index in [1.165, 1.54) is 12.1 Å². The molecule has 112 valence electrons. The van der Waals surface area contributed by atoms with Crippen molar-refractivity contribution in [3.63, 3.8) is 0 Å². The van der Waals surface area contributed by atoms with Crippen LogP contribution in [0, 0.1) is 0 Å². The third-order valence-corrected chi connectivity index (χ3v) is 2.83. The van der Waals surface area contributed by atoms with Gasteiger partial charge in [-0.1, -0.05) is 24.3 Å². The minimum absolute atomic E-state index is 0.0314. The maximum absolute atomic E-state index is 12.5. The van der Waals surface area contributed by atoms with E-state index in [1.54, 1.807) is 18.3 Å². The second-order valence-electron chi connectivity index (χ2n) is 4.92. The molecule has 1 aromatic carbocycles. The largest absolute Gasteiger partial charge is 0.473 e. The number of nitrogens with one attached hydrogen (secondary N) is 1. The van der Waals surface area contributed by atoms with Crippen molar-refractivity contribution in [1.82, 2.24) is 4.98 Å². The highest BCUT2D eigenvalue weighted by molar-refractivity contribution is 5.52. The van der Waals surface area contributed by atoms with Gasteiger partial charge in [-0.2, -0.15) is 0 Å². The van der Waals surface area contributed by atoms with Crippen LogP contribution in [0.2, 0.25) is 0 Å². The first-order valence-corrected chi connectivity index (χ1v) is 6.79. The van der Waals surface area contributed by atoms with Gasteiger partial charge >= 0.3 is 0 Å². The number of pyridine rings is 1. The molecule has 0 radical (unpaired) electrons. The highest BCUT2D eigenvalue weighted by Gasteiger charge is 2.08. The van der Waals surface area contributed by atoms with E-state index in [-0.39, 0.29) is 11.7 Å². The Morgan fingerprint density at radius 3 is 2.48 bits per heavy atom. The molecule has 0 amide bonds. The lowest BCUT2D eigenvalue weighted by Gasteiger charge is -2.14. The summed E-state index contributed by atoms with van der Waals surface area (Å²) in [4.78, 5) is 4.18. The summed E-state index contributed by atoms with van der Waals surface area (Å²) in [5, 5.41) is 3.21. The molecule has 0 fully saturated rings. The predicted octanol–water partition coefficient (Wildman–Crippen LogP) is 4.42. The van der Waals surface area contributed by atoms with E-state index in [0.717, 1.165) is 11.3 Å². The molecule has 3 nitrogen and oxygen atoms in total. The first kappa shape index (κ1) is 15.2. The van der Waals surface area contributed by atoms with Crippen molar-refractivity contribution in [1.29, 1.82) is 0 Å². The molecule has 2 aromatic rings. The number of nitrogens with zero attached hydrogens (tertiary/aromatic N) is 1. The Kier molecular flexibility index (Phi) is 5.09. The zero-order chi connectivity index (χ0) is 15.2. The van der Waals surface area contributed by atoms with Crippen LogP contribution < -0.4 is 10.1 Å². The molecule has 0 saturated heterocycles. The van der Waals surface area contributed by atoms with Crippen LogP contribution in [0.25, 0.3) is 0 Å². The van der Waals surface area contributed by atoms with Crippen molar-refractivity contribution < 1.29 is 13.5 Å². The number of hydrogen-bond donors (Lipinski definition) is 1. The van der Waals surface area contributed by atoms with Gasteiger partial charge in [0, 0.05) is 18.3 Å². The third-order valence-electron chi connectivity index (χ3n) is 2.83. The van der Waals surface area contributed by atoms with Gasteiger partial charge in [-0.05, 0) is 31.5 Å². The number of anilines is 1. The molecule has 0 saturated carbocycles. The number of halogens is 2. The quantitative estimate of drug-likeness (QED) is 0.856. The van der Waals surface area contributed by atoms with Crippen molar-refractivity contribution in [2.45, 2.75) is 32.9 Å². The Bertz CT molecular complexity index is 571. The average Bonchev–Trinajstić information content (AvgIpc) is 2.46. The van der Waals surface area contributed by atoms with E-state index in [2.05, 4.69) is 10.3 Å². The fourth-order valence-electron chi connectivity index (χ4n) is 1.82. The second-order valence-corrected chi connectivity index (χ2v) is 4.92. The summed E-state index contributed by atoms with van der Waals surface area (Å²) in [6.45, 7) is 4.38. The van der Waals surface area contributed by atoms with Crippen LogP contribution >= 0.6 is 0 Å². The van der Waals surface area contributed by atoms with Gasteiger partial charge in [-0.25, -0.2) is 13.8 Å². The Hall–Kier alpha value is -2.17. The monoisotopic (exact) mass is 292 g/mol. The van der Waals surface area contributed by atoms with Gasteiger partial charge in [-0.3, -0.25) is 0 Å². The zero-order valence-corrected chi connectivity index (χ0v) is 12.0. The van der Waals surface area contributed by atoms with Crippen LogP contribution in [0.4, 0.5) is 14.5 Å². The Labute approximate surface area is 123 Å². The lowest BCUT2D eigenvalue weighted by molar-refractivity contribution is 0.151. The molecule has 21 heavy (non-hydrogen) atoms. The van der Waals surface area contributed by atoms with Gasteiger partial charge in [0.15, 0.2) is 0 Å². The maximum Gasteiger partial charge on any atom is 0.263 e. The van der Waals surface area contributed by atoms with E-state index in [1.807, 2.05) is 26.0 Å². The second kappa shape index (κ2) is 7.02. The summed E-state index contributed by atoms with van der Waals surface area (Å²) in [5.41, 5.74) is 1.73. The van der Waals surface area contributed by atoms with Crippen molar-refractivity contribution in [2.24, 2.45) is 0 Å². The summed E-state index contributed by atoms with van der Waals surface area (Å²) >= 11 is 0. The molecule has 2 rings (SSSR count). The van der Waals surface area contributed by atoms with Crippen LogP contribution in [0.15, 0.2) is 42.6 Å². The first-order chi connectivity index (χ1) is 10.1. The van der Waals surface area contributed by atoms with Gasteiger partial charge in [-0.15, -0.1) is 0 Å². The molecule has 0 aliphatic carbocycles. The maximum atomic E-state index is 12.5. The Balaban J connectivity index is 2.02. The Morgan fingerprint density at radius 1 is 1.14 bits per heavy atom. The average molecular weight is 292 g/mol. The molecule has 5 heteroatoms. The SMILES string of the molecule is CC(C)Oc1ncccc1NCc1ccc(C(F)F)cc1. The highest BCUT2D eigenvalue weighted by Crippen LogP contribution is 2.23. The standard InChI is InChI=1S/C16H18F2N2O/c1-11(2)21-16-14(4-3-9-19-16)20-10-12-5-7-13(8-6-12)15(17)18/h3-9,11,15,20H,10H2,1-2H3. The summed E-state index contributed by atoms with van der Waals surface area (Å²) in [6.07, 6.45) is -0.734. The lowest BCUT2D eigenvalue weighted by atomic mass is 10.1. The number of ether oxygens (including phenoxy) is 1. The van der Waals surface area contributed by atoms with Gasteiger partial charge < -0.3 is 10.1 Å². The zero-order valence-electron chi connectivity index (χ0n) is 12.0. The molecule has 1 aromatic heterocycles. The number of alkyl halides is 2. The number of aromatic nitrogens is 1. The molecule has 0 aliphatic rings. The van der Waals surface area contributed by atoms with Gasteiger partial charge in [0.05, 0.1) is 11.8 Å². The van der Waals surface area contributed by atoms with Gasteiger partial charge in [0.2, 0.25) is 5.88 Å². The van der Waals surface area contributed by atoms with Gasteiger partial charge in [0.1, 0.15) is 0 Å². The molecule has 0 bridgehead atoms. The van der Waals surface area contributed by atoms with Gasteiger partial charge in [0.25, 0.3) is 6.43 Å². The predicted molar refractivity (Wildman–Crippen MR) is 78.7 cm³/mol. The third kappa shape index (κ3) is 4.41. The number of rotatable bonds is 6. The topological polar surface area (TPSA) is 34.1 Å². The molecule has 0 atom stereocenters. The fraction of sp³-hybridized carbons (Fsp3) is 0.312. The van der Waals surface area contributed by atoms with E-state index < -0.39 is 6.43 Å². The summed E-state index contributed by atoms with van der Waals surface area (Å²) < 4.78 is 30.6. The Morgan fingerprint density at radius 2 is 1.86 bits per heavy atom. The first-order valence-electron chi connectivity index (χ1n) is 6.79. The smallest absolute Gasteiger partial charge is 0.263 e. The van der Waals surface area contributed by atoms with E-state index in [0.29, 0.717) is 12.4 Å². The molecular weight excluding hydrogens is 274 g/mol. The molecule has 0 unspecified atom stereocenters. The molecule has 1 heterocycles. The normalized spacial score (nSPS) is 11.0. The van der Waals surface area contributed by atoms with Crippen molar-refractivity contribution >= 4 is 5.69 Å². The lowest BCUT2D eigenvalue weighted by Crippen LogP contribution is -2.10. The van der Waals surface area contributed by atoms with Crippen LogP contribution in [-0.4, -0.2) is 11.1 Å². The van der Waals surface area contributed by atoms with Crippen LogP contribution in [0.5, 0.6) is 5.88 Å². The molecule has 0 aliphatic heterocycles. The van der Waals surface area contributed by atoms with Crippen molar-refractivity contribution in [3.05, 3.63) is 53.7 Å². The molecular formula is C16H18F2N2O. The molecule has 1 N–H and O–H groups in total. The summed E-state index contributed by atoms with van der Waals surface area (Å²) in [5.74, 6) is 0.539. The van der Waals surface area contributed by atoms with Crippen LogP contribution in [-0.2, 0) is 6.54 Å². The van der Waals surface area contributed by atoms with E-state index in [9.17, 15) is 8.78 Å². The number of benzene rings is 1. The van der Waals surface area contributed by atoms with Crippen LogP contribution in [0.3, 0.4) is 0 Å². The van der Waals surface area contributed by atoms with Crippen molar-refractivity contribution in [3.8, 4) is 5.88 Å². The fourth-order valence-corrected chi connectivity index (χ4v) is 1.82. The van der Waals surface area contributed by atoms with E-state index >= 15 is 0 Å². The number of hydrogen-bond acceptors (Lipinski definition) is 3. The highest BCUT2D eigenvalue weighted by atomic mass is 19.3. The minimum atomic E-state index is -2.43. The van der Waals surface area contributed by atoms with Crippen LogP contribution in [0.1, 0.15) is 31.4 Å². The summed E-state index contributed by atoms with van der Waals surface area (Å²) in [7, 11) is 0. The van der Waals surface area contributed by atoms with E-state index in [4.69, 9.17) is 4.74 Å². The van der Waals surface area contributed by atoms with Crippen molar-refractivity contribution in [2.75, 3.05) is 5.32 Å².